The van der Waals surface area contributed by atoms with Gasteiger partial charge >= 0.3 is 27.3 Å². The van der Waals surface area contributed by atoms with Crippen LogP contribution in [-0.2, 0) is 9.59 Å². The first-order valence-electron chi connectivity index (χ1n) is 3.51. The largest absolute Gasteiger partial charge is 2.00 e. The molecule has 0 aromatic rings. The maximum atomic E-state index is 9.65. The number of carbonyl (C=O) groups excluding carboxylic acids is 2. The summed E-state index contributed by atoms with van der Waals surface area (Å²) in [6.07, 6.45) is 0. The van der Waals surface area contributed by atoms with Crippen molar-refractivity contribution in [2.75, 3.05) is 11.5 Å². The minimum absolute atomic E-state index is 0. The van der Waals surface area contributed by atoms with E-state index in [9.17, 15) is 19.8 Å². The van der Waals surface area contributed by atoms with Gasteiger partial charge < -0.3 is 31.3 Å². The minimum atomic E-state index is -1.25. The fourth-order valence-electron chi connectivity index (χ4n) is 0.149. The van der Waals surface area contributed by atoms with Crippen LogP contribution < -0.4 is 21.7 Å². The number of hydrogen-bond acceptors (Lipinski definition) is 8. The van der Waals surface area contributed by atoms with E-state index in [1.54, 1.807) is 0 Å². The molecule has 2 atom stereocenters. The SMILES string of the molecule is N[C@@H](CS)C(=O)[O-].N[C@@H](CS)C(=O)[O-].[Pb+2]. The molecule has 0 bridgehead atoms. The molecule has 0 saturated heterocycles. The smallest absolute Gasteiger partial charge is 0.548 e. The Balaban J connectivity index is -0.000000180. The summed E-state index contributed by atoms with van der Waals surface area (Å²) in [4.78, 5) is 19.3. The van der Waals surface area contributed by atoms with Crippen molar-refractivity contribution in [3.8, 4) is 0 Å². The molecule has 0 spiro atoms. The van der Waals surface area contributed by atoms with Gasteiger partial charge in [0.2, 0.25) is 0 Å². The summed E-state index contributed by atoms with van der Waals surface area (Å²) < 4.78 is 0. The Labute approximate surface area is 119 Å². The van der Waals surface area contributed by atoms with Crippen molar-refractivity contribution in [3.05, 3.63) is 0 Å². The van der Waals surface area contributed by atoms with E-state index in [4.69, 9.17) is 11.5 Å². The van der Waals surface area contributed by atoms with Crippen molar-refractivity contribution in [2.24, 2.45) is 11.5 Å². The third-order valence-corrected chi connectivity index (χ3v) is 1.79. The number of aliphatic carboxylic acids is 2. The summed E-state index contributed by atoms with van der Waals surface area (Å²) in [6.45, 7) is 0. The van der Waals surface area contributed by atoms with Gasteiger partial charge in [-0.2, -0.15) is 25.3 Å². The maximum absolute atomic E-state index is 9.65. The molecule has 86 valence electrons. The normalized spacial score (nSPS) is 12.5. The number of carbonyl (C=O) groups is 2. The molecule has 0 amide bonds. The van der Waals surface area contributed by atoms with Crippen molar-refractivity contribution >= 4 is 64.5 Å². The average molecular weight is 448 g/mol. The molecular weight excluding hydrogens is 435 g/mol. The quantitative estimate of drug-likeness (QED) is 0.254. The van der Waals surface area contributed by atoms with Crippen molar-refractivity contribution < 1.29 is 19.8 Å². The molecule has 0 aromatic heterocycles. The molecular formula is C6H12N2O4PbS2. The maximum Gasteiger partial charge on any atom is 2.00 e. The van der Waals surface area contributed by atoms with Gasteiger partial charge in [0.25, 0.3) is 0 Å². The van der Waals surface area contributed by atoms with Gasteiger partial charge in [0.05, 0.1) is 24.0 Å². The molecule has 0 aromatic carbocycles. The summed E-state index contributed by atoms with van der Waals surface area (Å²) in [5.74, 6) is -2.25. The van der Waals surface area contributed by atoms with Gasteiger partial charge in [-0.3, -0.25) is 0 Å². The molecule has 9 heteroatoms. The van der Waals surface area contributed by atoms with Gasteiger partial charge in [0.15, 0.2) is 0 Å². The molecule has 6 nitrogen and oxygen atoms in total. The van der Waals surface area contributed by atoms with Crippen molar-refractivity contribution in [2.45, 2.75) is 12.1 Å². The predicted molar refractivity (Wildman–Crippen MR) is 59.4 cm³/mol. The Hall–Kier alpha value is 0.482. The second-order valence-corrected chi connectivity index (χ2v) is 2.95. The van der Waals surface area contributed by atoms with Crippen LogP contribution in [0, 0.1) is 0 Å². The van der Waals surface area contributed by atoms with E-state index < -0.39 is 24.0 Å². The van der Waals surface area contributed by atoms with E-state index in [1.165, 1.54) is 0 Å². The Morgan fingerprint density at radius 3 is 1.20 bits per heavy atom. The van der Waals surface area contributed by atoms with Gasteiger partial charge in [-0.25, -0.2) is 0 Å². The standard InChI is InChI=1S/2C3H7NO2S.Pb/c2*4-2(1-7)3(5)6;/h2*2,7H,1,4H2,(H,5,6);/q;;+2/p-2/t2*2-;/m00./s1. The second-order valence-electron chi connectivity index (χ2n) is 2.22. The first kappa shape index (κ1) is 20.8. The zero-order chi connectivity index (χ0) is 11.7. The van der Waals surface area contributed by atoms with Crippen LogP contribution in [0.1, 0.15) is 0 Å². The number of thiol groups is 2. The molecule has 15 heavy (non-hydrogen) atoms. The Morgan fingerprint density at radius 2 is 1.20 bits per heavy atom. The monoisotopic (exact) mass is 448 g/mol. The van der Waals surface area contributed by atoms with E-state index in [1.807, 2.05) is 0 Å². The Morgan fingerprint density at radius 1 is 1.00 bits per heavy atom. The molecule has 0 aliphatic heterocycles. The predicted octanol–water partition coefficient (Wildman–Crippen LogP) is -4.39. The third-order valence-electron chi connectivity index (χ3n) is 0.999. The van der Waals surface area contributed by atoms with Crippen LogP contribution in [0.2, 0.25) is 0 Å². The molecule has 0 fully saturated rings. The zero-order valence-corrected chi connectivity index (χ0v) is 13.4. The van der Waals surface area contributed by atoms with E-state index in [0.717, 1.165) is 0 Å². The molecule has 0 heterocycles. The van der Waals surface area contributed by atoms with Crippen LogP contribution >= 0.6 is 25.3 Å². The molecule has 4 N–H and O–H groups in total. The van der Waals surface area contributed by atoms with Crippen LogP contribution in [0.15, 0.2) is 0 Å². The fraction of sp³-hybridized carbons (Fsp3) is 0.667. The summed E-state index contributed by atoms with van der Waals surface area (Å²) in [5.41, 5.74) is 9.75. The topological polar surface area (TPSA) is 132 Å². The van der Waals surface area contributed by atoms with Gasteiger partial charge in [-0.1, -0.05) is 0 Å². The summed E-state index contributed by atoms with van der Waals surface area (Å²) in [5, 5.41) is 19.3. The molecule has 0 saturated carbocycles. The first-order valence-corrected chi connectivity index (χ1v) is 4.77. The van der Waals surface area contributed by atoms with E-state index in [-0.39, 0.29) is 38.8 Å². The zero-order valence-electron chi connectivity index (χ0n) is 7.75. The molecule has 2 radical (unpaired) electrons. The van der Waals surface area contributed by atoms with Crippen LogP contribution in [0.25, 0.3) is 0 Å². The molecule has 0 rings (SSSR count). The minimum Gasteiger partial charge on any atom is -0.548 e. The summed E-state index contributed by atoms with van der Waals surface area (Å²) in [6, 6.07) is -1.85. The second kappa shape index (κ2) is 12.6. The van der Waals surface area contributed by atoms with Crippen LogP contribution in [-0.4, -0.2) is 62.8 Å². The fourth-order valence-corrected chi connectivity index (χ4v) is 0.447. The van der Waals surface area contributed by atoms with Gasteiger partial charge in [-0.15, -0.1) is 0 Å². The van der Waals surface area contributed by atoms with Gasteiger partial charge in [0.1, 0.15) is 0 Å². The Kier molecular flexibility index (Phi) is 17.4. The summed E-state index contributed by atoms with van der Waals surface area (Å²) >= 11 is 7.22. The van der Waals surface area contributed by atoms with Gasteiger partial charge in [0, 0.05) is 11.5 Å². The van der Waals surface area contributed by atoms with Crippen molar-refractivity contribution in [1.82, 2.24) is 0 Å². The van der Waals surface area contributed by atoms with E-state index >= 15 is 0 Å². The number of rotatable bonds is 4. The summed E-state index contributed by atoms with van der Waals surface area (Å²) in [7, 11) is 0. The molecule has 0 unspecified atom stereocenters. The van der Waals surface area contributed by atoms with Crippen molar-refractivity contribution in [1.29, 1.82) is 0 Å². The Bertz CT molecular complexity index is 176. The number of carboxylic acid groups (broad SMARTS) is 2. The number of carboxylic acids is 2. The van der Waals surface area contributed by atoms with Crippen LogP contribution in [0.4, 0.5) is 0 Å². The molecule has 0 aliphatic rings. The van der Waals surface area contributed by atoms with Gasteiger partial charge in [-0.05, 0) is 0 Å². The average Bonchev–Trinajstić information content (AvgIpc) is 2.15. The van der Waals surface area contributed by atoms with E-state index in [2.05, 4.69) is 25.3 Å². The molecule has 0 aliphatic carbocycles. The van der Waals surface area contributed by atoms with Crippen molar-refractivity contribution in [3.63, 3.8) is 0 Å². The van der Waals surface area contributed by atoms with Crippen LogP contribution in [0.3, 0.4) is 0 Å². The first-order chi connectivity index (χ1) is 6.36. The number of hydrogen-bond donors (Lipinski definition) is 4. The van der Waals surface area contributed by atoms with E-state index in [0.29, 0.717) is 0 Å². The number of nitrogens with two attached hydrogens (primary N) is 2. The van der Waals surface area contributed by atoms with Crippen LogP contribution in [0.5, 0.6) is 0 Å². The third kappa shape index (κ3) is 14.5.